The minimum absolute atomic E-state index is 0. The van der Waals surface area contributed by atoms with Gasteiger partial charge in [0.05, 0.1) is 11.5 Å². The second-order valence-electron chi connectivity index (χ2n) is 1.15. The number of rotatable bonds is 0. The van der Waals surface area contributed by atoms with Gasteiger partial charge in [0, 0.05) is 0 Å². The molecule has 0 bridgehead atoms. The van der Waals surface area contributed by atoms with Crippen molar-refractivity contribution >= 4 is 9.84 Å². The summed E-state index contributed by atoms with van der Waals surface area (Å²) in [6.07, 6.45) is 0. The van der Waals surface area contributed by atoms with E-state index in [1.54, 1.807) is 0 Å². The Balaban J connectivity index is 0.000000250. The molecule has 1 saturated heterocycles. The van der Waals surface area contributed by atoms with Gasteiger partial charge in [-0.05, 0) is 0 Å². The van der Waals surface area contributed by atoms with Crippen LogP contribution < -0.4 is 6.15 Å². The molecule has 1 aliphatic rings. The van der Waals surface area contributed by atoms with Gasteiger partial charge in [0.15, 0.2) is 9.84 Å². The SMILES string of the molecule is N.O=S1(=O)CC1. The molecule has 1 heterocycles. The molecule has 0 aliphatic carbocycles. The fourth-order valence-electron chi connectivity index (χ4n) is 0.0680. The van der Waals surface area contributed by atoms with Crippen molar-refractivity contribution in [3.05, 3.63) is 0 Å². The average molecular weight is 109 g/mol. The topological polar surface area (TPSA) is 69.1 Å². The molecule has 0 atom stereocenters. The van der Waals surface area contributed by atoms with Crippen LogP contribution in [-0.4, -0.2) is 19.9 Å². The normalized spacial score (nSPS) is 24.7. The summed E-state index contributed by atoms with van der Waals surface area (Å²) < 4.78 is 19.5. The average Bonchev–Trinajstić information content (AvgIpc) is 1.76. The maximum Gasteiger partial charge on any atom is 0.152 e. The fourth-order valence-corrected chi connectivity index (χ4v) is 0.612. The zero-order valence-corrected chi connectivity index (χ0v) is 4.16. The highest BCUT2D eigenvalue weighted by atomic mass is 32.2. The molecule has 38 valence electrons. The smallest absolute Gasteiger partial charge is 0.152 e. The molecule has 0 amide bonds. The lowest BCUT2D eigenvalue weighted by Crippen LogP contribution is -1.61. The predicted molar refractivity (Wildman–Crippen MR) is 23.7 cm³/mol. The molecule has 1 aliphatic heterocycles. The summed E-state index contributed by atoms with van der Waals surface area (Å²) >= 11 is 0. The van der Waals surface area contributed by atoms with Crippen LogP contribution in [0.15, 0.2) is 0 Å². The van der Waals surface area contributed by atoms with E-state index < -0.39 is 9.84 Å². The zero-order valence-electron chi connectivity index (χ0n) is 3.35. The van der Waals surface area contributed by atoms with Crippen LogP contribution in [0.4, 0.5) is 0 Å². The van der Waals surface area contributed by atoms with Crippen molar-refractivity contribution in [3.63, 3.8) is 0 Å². The first-order valence-corrected chi connectivity index (χ1v) is 3.23. The summed E-state index contributed by atoms with van der Waals surface area (Å²) in [5.74, 6) is 0.847. The molecular weight excluding hydrogens is 102 g/mol. The molecule has 6 heavy (non-hydrogen) atoms. The quantitative estimate of drug-likeness (QED) is 0.429. The molecule has 3 nitrogen and oxygen atoms in total. The van der Waals surface area contributed by atoms with Crippen molar-refractivity contribution < 1.29 is 8.42 Å². The molecule has 4 heteroatoms. The van der Waals surface area contributed by atoms with Crippen molar-refractivity contribution in [3.8, 4) is 0 Å². The van der Waals surface area contributed by atoms with Gasteiger partial charge >= 0.3 is 0 Å². The first kappa shape index (κ1) is 5.91. The lowest BCUT2D eigenvalue weighted by atomic mass is 11.0. The van der Waals surface area contributed by atoms with E-state index in [0.29, 0.717) is 11.5 Å². The molecule has 0 radical (unpaired) electrons. The molecule has 0 spiro atoms. The van der Waals surface area contributed by atoms with E-state index >= 15 is 0 Å². The second-order valence-corrected chi connectivity index (χ2v) is 3.46. The highest BCUT2D eigenvalue weighted by Crippen LogP contribution is 2.04. The lowest BCUT2D eigenvalue weighted by Gasteiger charge is -1.46. The molecule has 3 N–H and O–H groups in total. The summed E-state index contributed by atoms with van der Waals surface area (Å²) in [5, 5.41) is 0. The Morgan fingerprint density at radius 2 is 1.33 bits per heavy atom. The van der Waals surface area contributed by atoms with Gasteiger partial charge in [-0.2, -0.15) is 0 Å². The summed E-state index contributed by atoms with van der Waals surface area (Å²) in [7, 11) is -2.42. The third-order valence-corrected chi connectivity index (χ3v) is 1.61. The molecule has 1 fully saturated rings. The summed E-state index contributed by atoms with van der Waals surface area (Å²) in [4.78, 5) is 0. The summed E-state index contributed by atoms with van der Waals surface area (Å²) in [6, 6.07) is 0. The Bertz CT molecular complexity index is 114. The zero-order chi connectivity index (χ0) is 3.91. The molecule has 0 aromatic heterocycles. The van der Waals surface area contributed by atoms with Crippen LogP contribution >= 0.6 is 0 Å². The Morgan fingerprint density at radius 3 is 1.33 bits per heavy atom. The van der Waals surface area contributed by atoms with E-state index in [4.69, 9.17) is 0 Å². The molecule has 0 aromatic rings. The van der Waals surface area contributed by atoms with Crippen LogP contribution in [0.5, 0.6) is 0 Å². The highest BCUT2D eigenvalue weighted by molar-refractivity contribution is 7.98. The Kier molecular flexibility index (Phi) is 1.18. The van der Waals surface area contributed by atoms with Crippen LogP contribution in [-0.2, 0) is 9.84 Å². The molecule has 1 rings (SSSR count). The van der Waals surface area contributed by atoms with E-state index in [2.05, 4.69) is 0 Å². The summed E-state index contributed by atoms with van der Waals surface area (Å²) in [5.41, 5.74) is 0. The van der Waals surface area contributed by atoms with E-state index in [1.807, 2.05) is 0 Å². The maximum atomic E-state index is 9.74. The number of hydrogen-bond donors (Lipinski definition) is 1. The van der Waals surface area contributed by atoms with Gasteiger partial charge < -0.3 is 6.15 Å². The third kappa shape index (κ3) is 1.37. The van der Waals surface area contributed by atoms with Crippen molar-refractivity contribution in [1.29, 1.82) is 0 Å². The van der Waals surface area contributed by atoms with Gasteiger partial charge in [-0.25, -0.2) is 8.42 Å². The Hall–Kier alpha value is -0.0900. The van der Waals surface area contributed by atoms with Crippen molar-refractivity contribution in [2.75, 3.05) is 11.5 Å². The van der Waals surface area contributed by atoms with Crippen LogP contribution in [0.3, 0.4) is 0 Å². The van der Waals surface area contributed by atoms with Crippen LogP contribution in [0.1, 0.15) is 0 Å². The molecule has 0 aromatic carbocycles. The van der Waals surface area contributed by atoms with Crippen molar-refractivity contribution in [2.45, 2.75) is 0 Å². The fraction of sp³-hybridized carbons (Fsp3) is 1.00. The monoisotopic (exact) mass is 109 g/mol. The van der Waals surface area contributed by atoms with Crippen LogP contribution in [0.2, 0.25) is 0 Å². The standard InChI is InChI=1S/C2H4O2S.H3N/c3-5(4)1-2-5;/h1-2H2;1H3. The van der Waals surface area contributed by atoms with Gasteiger partial charge in [-0.3, -0.25) is 0 Å². The molecular formula is C2H7NO2S. The van der Waals surface area contributed by atoms with E-state index in [-0.39, 0.29) is 6.15 Å². The van der Waals surface area contributed by atoms with E-state index in [0.717, 1.165) is 0 Å². The Morgan fingerprint density at radius 1 is 1.17 bits per heavy atom. The minimum Gasteiger partial charge on any atom is -0.344 e. The van der Waals surface area contributed by atoms with E-state index in [9.17, 15) is 8.42 Å². The predicted octanol–water partition coefficient (Wildman–Crippen LogP) is -0.423. The summed E-state index contributed by atoms with van der Waals surface area (Å²) in [6.45, 7) is 0. The largest absolute Gasteiger partial charge is 0.344 e. The van der Waals surface area contributed by atoms with Gasteiger partial charge in [-0.15, -0.1) is 0 Å². The van der Waals surface area contributed by atoms with Crippen LogP contribution in [0, 0.1) is 0 Å². The van der Waals surface area contributed by atoms with Gasteiger partial charge in [0.1, 0.15) is 0 Å². The van der Waals surface area contributed by atoms with Crippen molar-refractivity contribution in [2.24, 2.45) is 0 Å². The number of sulfone groups is 1. The van der Waals surface area contributed by atoms with Gasteiger partial charge in [0.25, 0.3) is 0 Å². The van der Waals surface area contributed by atoms with E-state index in [1.165, 1.54) is 0 Å². The first-order chi connectivity index (χ1) is 2.21. The molecule has 0 unspecified atom stereocenters. The lowest BCUT2D eigenvalue weighted by molar-refractivity contribution is 0.615. The minimum atomic E-state index is -2.42. The second kappa shape index (κ2) is 1.20. The maximum absolute atomic E-state index is 9.74. The third-order valence-electron chi connectivity index (χ3n) is 0.537. The Labute approximate surface area is 36.9 Å². The first-order valence-electron chi connectivity index (χ1n) is 1.41. The van der Waals surface area contributed by atoms with Gasteiger partial charge in [-0.1, -0.05) is 0 Å². The van der Waals surface area contributed by atoms with Crippen molar-refractivity contribution in [1.82, 2.24) is 6.15 Å². The highest BCUT2D eigenvalue weighted by Gasteiger charge is 2.25. The van der Waals surface area contributed by atoms with Crippen LogP contribution in [0.25, 0.3) is 0 Å². The number of hydrogen-bond acceptors (Lipinski definition) is 3. The van der Waals surface area contributed by atoms with Gasteiger partial charge in [0.2, 0.25) is 0 Å². The molecule has 0 saturated carbocycles.